The standard InChI is InChI=1S/C28H33F3N4O4SSi/c1-7-18-14-23(28(38-3)32-15-18)40(36,37)34-22-11-10-21(29)24(26(22)31)20-9-8-19-17(2)33-35(27(19)25(20)30)16-39-12-13-41(4,5)6/h8-11,14-15,34H,7,12-13,16H2,1-6H3. The van der Waals surface area contributed by atoms with E-state index in [1.54, 1.807) is 6.92 Å². The molecule has 2 aromatic heterocycles. The molecule has 1 N–H and O–H groups in total. The van der Waals surface area contributed by atoms with Gasteiger partial charge in [-0.2, -0.15) is 5.10 Å². The summed E-state index contributed by atoms with van der Waals surface area (Å²) in [6.45, 7) is 10.6. The number of nitrogens with one attached hydrogen (secondary N) is 1. The lowest BCUT2D eigenvalue weighted by atomic mass is 10.0. The first-order chi connectivity index (χ1) is 19.3. The fourth-order valence-electron chi connectivity index (χ4n) is 4.30. The highest BCUT2D eigenvalue weighted by Gasteiger charge is 2.27. The van der Waals surface area contributed by atoms with Gasteiger partial charge in [0.05, 0.1) is 24.1 Å². The Balaban J connectivity index is 1.75. The fourth-order valence-corrected chi connectivity index (χ4v) is 6.29. The lowest BCUT2D eigenvalue weighted by Crippen LogP contribution is -2.22. The molecule has 4 aromatic rings. The van der Waals surface area contributed by atoms with E-state index in [2.05, 4.69) is 34.4 Å². The molecule has 0 spiro atoms. The number of aromatic nitrogens is 3. The quantitative estimate of drug-likeness (QED) is 0.155. The maximum atomic E-state index is 16.0. The van der Waals surface area contributed by atoms with Gasteiger partial charge in [-0.15, -0.1) is 0 Å². The molecule has 2 aromatic carbocycles. The number of methoxy groups -OCH3 is 1. The van der Waals surface area contributed by atoms with Crippen LogP contribution in [-0.2, 0) is 27.9 Å². The van der Waals surface area contributed by atoms with Gasteiger partial charge >= 0.3 is 0 Å². The molecule has 4 rings (SSSR count). The third kappa shape index (κ3) is 6.41. The summed E-state index contributed by atoms with van der Waals surface area (Å²) in [6.07, 6.45) is 1.97. The first-order valence-corrected chi connectivity index (χ1v) is 18.2. The summed E-state index contributed by atoms with van der Waals surface area (Å²) in [5, 5.41) is 4.83. The number of hydrogen-bond acceptors (Lipinski definition) is 6. The average molecular weight is 607 g/mol. The second kappa shape index (κ2) is 11.8. The van der Waals surface area contributed by atoms with Crippen molar-refractivity contribution in [1.82, 2.24) is 14.8 Å². The minimum atomic E-state index is -4.42. The fraction of sp³-hybridized carbons (Fsp3) is 0.357. The van der Waals surface area contributed by atoms with Crippen LogP contribution in [0.5, 0.6) is 5.88 Å². The summed E-state index contributed by atoms with van der Waals surface area (Å²) < 4.78 is 87.6. The Bertz CT molecular complexity index is 1710. The first kappa shape index (κ1) is 30.5. The zero-order valence-electron chi connectivity index (χ0n) is 23.8. The van der Waals surface area contributed by atoms with Crippen molar-refractivity contribution in [2.75, 3.05) is 18.4 Å². The number of rotatable bonds is 11. The van der Waals surface area contributed by atoms with Gasteiger partial charge in [-0.05, 0) is 43.2 Å². The Morgan fingerprint density at radius 1 is 1.07 bits per heavy atom. The molecule has 0 atom stereocenters. The number of nitrogens with zero attached hydrogens (tertiary/aromatic N) is 3. The Morgan fingerprint density at radius 2 is 1.80 bits per heavy atom. The van der Waals surface area contributed by atoms with Gasteiger partial charge < -0.3 is 9.47 Å². The molecule has 0 fully saturated rings. The van der Waals surface area contributed by atoms with Gasteiger partial charge in [0.1, 0.15) is 23.0 Å². The van der Waals surface area contributed by atoms with Gasteiger partial charge in [0, 0.05) is 31.8 Å². The van der Waals surface area contributed by atoms with Crippen LogP contribution in [0.2, 0.25) is 25.7 Å². The Hall–Kier alpha value is -3.42. The molecule has 0 aliphatic heterocycles. The molecule has 0 radical (unpaired) electrons. The van der Waals surface area contributed by atoms with Crippen molar-refractivity contribution in [2.24, 2.45) is 0 Å². The number of halogens is 3. The van der Waals surface area contributed by atoms with Crippen LogP contribution < -0.4 is 9.46 Å². The minimum absolute atomic E-state index is 0.0324. The van der Waals surface area contributed by atoms with Crippen LogP contribution in [0.15, 0.2) is 41.4 Å². The molecule has 0 aliphatic rings. The lowest BCUT2D eigenvalue weighted by molar-refractivity contribution is 0.0811. The number of sulfonamides is 1. The molecule has 41 heavy (non-hydrogen) atoms. The van der Waals surface area contributed by atoms with Crippen molar-refractivity contribution in [2.45, 2.75) is 57.6 Å². The second-order valence-corrected chi connectivity index (χ2v) is 18.1. The number of benzene rings is 2. The average Bonchev–Trinajstić information content (AvgIpc) is 3.24. The van der Waals surface area contributed by atoms with Gasteiger partial charge in [-0.3, -0.25) is 4.72 Å². The Labute approximate surface area is 238 Å². The van der Waals surface area contributed by atoms with Crippen molar-refractivity contribution in [3.8, 4) is 17.0 Å². The summed E-state index contributed by atoms with van der Waals surface area (Å²) >= 11 is 0. The van der Waals surface area contributed by atoms with Crippen LogP contribution in [-0.4, -0.2) is 45.0 Å². The maximum absolute atomic E-state index is 16.0. The van der Waals surface area contributed by atoms with E-state index in [-0.39, 0.29) is 28.6 Å². The van der Waals surface area contributed by atoms with E-state index in [0.29, 0.717) is 29.7 Å². The van der Waals surface area contributed by atoms with E-state index < -0.39 is 46.8 Å². The molecule has 0 bridgehead atoms. The van der Waals surface area contributed by atoms with Gasteiger partial charge in [0.2, 0.25) is 5.88 Å². The molecule has 0 amide bonds. The molecule has 0 saturated heterocycles. The molecule has 220 valence electrons. The van der Waals surface area contributed by atoms with Crippen LogP contribution in [0.3, 0.4) is 0 Å². The largest absolute Gasteiger partial charge is 0.480 e. The summed E-state index contributed by atoms with van der Waals surface area (Å²) in [5.74, 6) is -3.44. The SMILES string of the molecule is CCc1cnc(OC)c(S(=O)(=O)Nc2ccc(F)c(-c3ccc4c(C)nn(COCC[Si](C)(C)C)c4c3F)c2F)c1. The number of anilines is 1. The van der Waals surface area contributed by atoms with Crippen LogP contribution >= 0.6 is 0 Å². The first-order valence-electron chi connectivity index (χ1n) is 13.0. The van der Waals surface area contributed by atoms with E-state index in [1.165, 1.54) is 36.2 Å². The molecule has 8 nitrogen and oxygen atoms in total. The van der Waals surface area contributed by atoms with E-state index in [1.807, 2.05) is 6.92 Å². The third-order valence-electron chi connectivity index (χ3n) is 6.62. The van der Waals surface area contributed by atoms with E-state index in [0.717, 1.165) is 18.2 Å². The lowest BCUT2D eigenvalue weighted by Gasteiger charge is -2.16. The summed E-state index contributed by atoms with van der Waals surface area (Å²) in [6, 6.07) is 6.85. The van der Waals surface area contributed by atoms with E-state index in [9.17, 15) is 8.42 Å². The molecule has 0 saturated carbocycles. The summed E-state index contributed by atoms with van der Waals surface area (Å²) in [5.41, 5.74) is -0.503. The van der Waals surface area contributed by atoms with Gasteiger partial charge in [-0.1, -0.05) is 38.7 Å². The number of aryl methyl sites for hydroxylation is 2. The van der Waals surface area contributed by atoms with E-state index in [4.69, 9.17) is 9.47 Å². The third-order valence-corrected chi connectivity index (χ3v) is 9.68. The highest BCUT2D eigenvalue weighted by molar-refractivity contribution is 7.92. The van der Waals surface area contributed by atoms with Crippen LogP contribution in [0, 0.1) is 24.4 Å². The minimum Gasteiger partial charge on any atom is -0.480 e. The van der Waals surface area contributed by atoms with Gasteiger partial charge in [0.15, 0.2) is 11.6 Å². The zero-order chi connectivity index (χ0) is 30.1. The Morgan fingerprint density at radius 3 is 2.46 bits per heavy atom. The van der Waals surface area contributed by atoms with Crippen molar-refractivity contribution >= 4 is 34.7 Å². The van der Waals surface area contributed by atoms with Crippen molar-refractivity contribution in [1.29, 1.82) is 0 Å². The highest BCUT2D eigenvalue weighted by atomic mass is 32.2. The Kier molecular flexibility index (Phi) is 8.80. The van der Waals surface area contributed by atoms with Crippen molar-refractivity contribution < 1.29 is 31.1 Å². The normalized spacial score (nSPS) is 12.2. The van der Waals surface area contributed by atoms with Gasteiger partial charge in [0.25, 0.3) is 10.0 Å². The molecule has 2 heterocycles. The number of hydrogen-bond donors (Lipinski definition) is 1. The highest BCUT2D eigenvalue weighted by Crippen LogP contribution is 2.37. The molecular weight excluding hydrogens is 573 g/mol. The van der Waals surface area contributed by atoms with Crippen LogP contribution in [0.1, 0.15) is 18.2 Å². The van der Waals surface area contributed by atoms with Gasteiger partial charge in [-0.25, -0.2) is 31.3 Å². The zero-order valence-corrected chi connectivity index (χ0v) is 25.6. The second-order valence-electron chi connectivity index (χ2n) is 10.9. The van der Waals surface area contributed by atoms with Crippen LogP contribution in [0.4, 0.5) is 18.9 Å². The monoisotopic (exact) mass is 606 g/mol. The van der Waals surface area contributed by atoms with Crippen LogP contribution in [0.25, 0.3) is 22.0 Å². The molecule has 13 heteroatoms. The number of fused-ring (bicyclic) bond motifs is 1. The van der Waals surface area contributed by atoms with Crippen molar-refractivity contribution in [3.63, 3.8) is 0 Å². The molecular formula is C28H33F3N4O4SSi. The van der Waals surface area contributed by atoms with E-state index >= 15 is 13.2 Å². The smallest absolute Gasteiger partial charge is 0.267 e. The summed E-state index contributed by atoms with van der Waals surface area (Å²) in [7, 11) is -4.51. The summed E-state index contributed by atoms with van der Waals surface area (Å²) in [4.78, 5) is 3.69. The predicted molar refractivity (Wildman–Crippen MR) is 155 cm³/mol. The van der Waals surface area contributed by atoms with Crippen molar-refractivity contribution in [3.05, 3.63) is 65.2 Å². The predicted octanol–water partition coefficient (Wildman–Crippen LogP) is 6.51. The number of ether oxygens (including phenoxy) is 2. The maximum Gasteiger partial charge on any atom is 0.267 e. The topological polar surface area (TPSA) is 95.3 Å². The molecule has 0 unspecified atom stereocenters. The number of pyridine rings is 1. The molecule has 0 aliphatic carbocycles.